The van der Waals surface area contributed by atoms with Crippen LogP contribution in [0.4, 0.5) is 10.1 Å². The van der Waals surface area contributed by atoms with Crippen LogP contribution in [0.25, 0.3) is 0 Å². The summed E-state index contributed by atoms with van der Waals surface area (Å²) >= 11 is 0. The molecular formula is C15H19FN2O4S. The number of benzene rings is 1. The summed E-state index contributed by atoms with van der Waals surface area (Å²) in [7, 11) is -3.16. The molecule has 6 nitrogen and oxygen atoms in total. The lowest BCUT2D eigenvalue weighted by atomic mass is 10.1. The first-order valence-corrected chi connectivity index (χ1v) is 9.25. The molecule has 0 bridgehead atoms. The number of aryl methyl sites for hydroxylation is 1. The summed E-state index contributed by atoms with van der Waals surface area (Å²) in [6.45, 7) is 1.83. The molecule has 0 spiro atoms. The van der Waals surface area contributed by atoms with E-state index in [4.69, 9.17) is 0 Å². The van der Waals surface area contributed by atoms with Gasteiger partial charge in [0.25, 0.3) is 0 Å². The Balaban J connectivity index is 2.00. The second-order valence-corrected chi connectivity index (χ2v) is 8.04. The maximum absolute atomic E-state index is 14.0. The molecule has 2 rings (SSSR count). The molecule has 1 atom stereocenters. The van der Waals surface area contributed by atoms with Crippen molar-refractivity contribution in [2.75, 3.05) is 30.0 Å². The van der Waals surface area contributed by atoms with E-state index in [2.05, 4.69) is 5.32 Å². The molecule has 1 aromatic carbocycles. The second kappa shape index (κ2) is 6.66. The summed E-state index contributed by atoms with van der Waals surface area (Å²) in [5, 5.41) is 2.51. The Morgan fingerprint density at radius 2 is 2.13 bits per heavy atom. The first-order valence-electron chi connectivity index (χ1n) is 7.19. The molecule has 1 aliphatic rings. The van der Waals surface area contributed by atoms with Crippen LogP contribution in [0.5, 0.6) is 0 Å². The third-order valence-electron chi connectivity index (χ3n) is 3.66. The van der Waals surface area contributed by atoms with Gasteiger partial charge in [-0.15, -0.1) is 0 Å². The van der Waals surface area contributed by atoms with E-state index in [9.17, 15) is 22.4 Å². The predicted octanol–water partition coefficient (Wildman–Crippen LogP) is 0.648. The molecule has 1 unspecified atom stereocenters. The Hall–Kier alpha value is -1.96. The molecule has 0 aromatic heterocycles. The van der Waals surface area contributed by atoms with Gasteiger partial charge in [-0.1, -0.05) is 6.07 Å². The van der Waals surface area contributed by atoms with Crippen LogP contribution < -0.4 is 10.2 Å². The van der Waals surface area contributed by atoms with E-state index in [1.54, 1.807) is 13.0 Å². The third-order valence-corrected chi connectivity index (χ3v) is 4.61. The number of nitrogens with zero attached hydrogens (tertiary/aromatic N) is 1. The van der Waals surface area contributed by atoms with E-state index in [1.165, 1.54) is 17.0 Å². The summed E-state index contributed by atoms with van der Waals surface area (Å²) in [5.74, 6) is -1.98. The minimum atomic E-state index is -3.16. The molecule has 1 aromatic rings. The Morgan fingerprint density at radius 1 is 1.43 bits per heavy atom. The van der Waals surface area contributed by atoms with Gasteiger partial charge in [0.15, 0.2) is 0 Å². The first-order chi connectivity index (χ1) is 10.7. The number of anilines is 1. The molecule has 0 radical (unpaired) electrons. The van der Waals surface area contributed by atoms with E-state index < -0.39 is 27.5 Å². The van der Waals surface area contributed by atoms with Crippen molar-refractivity contribution in [1.29, 1.82) is 0 Å². The molecule has 1 fully saturated rings. The number of hydrogen-bond donors (Lipinski definition) is 1. The van der Waals surface area contributed by atoms with Crippen molar-refractivity contribution in [2.45, 2.75) is 13.3 Å². The van der Waals surface area contributed by atoms with Crippen molar-refractivity contribution < 1.29 is 22.4 Å². The van der Waals surface area contributed by atoms with Gasteiger partial charge in [-0.3, -0.25) is 9.59 Å². The molecule has 8 heteroatoms. The highest BCUT2D eigenvalue weighted by atomic mass is 32.2. The minimum Gasteiger partial charge on any atom is -0.355 e. The van der Waals surface area contributed by atoms with Crippen LogP contribution >= 0.6 is 0 Å². The molecule has 0 aliphatic carbocycles. The van der Waals surface area contributed by atoms with Crippen molar-refractivity contribution in [1.82, 2.24) is 5.32 Å². The monoisotopic (exact) mass is 342 g/mol. The smallest absolute Gasteiger partial charge is 0.227 e. The summed E-state index contributed by atoms with van der Waals surface area (Å²) in [4.78, 5) is 25.3. The number of carbonyl (C=O) groups excluding carboxylic acids is 2. The number of hydrogen-bond acceptors (Lipinski definition) is 4. The quantitative estimate of drug-likeness (QED) is 0.851. The highest BCUT2D eigenvalue weighted by molar-refractivity contribution is 7.90. The van der Waals surface area contributed by atoms with Gasteiger partial charge in [0, 0.05) is 25.8 Å². The van der Waals surface area contributed by atoms with Crippen molar-refractivity contribution >= 4 is 27.3 Å². The normalized spacial score (nSPS) is 18.3. The molecule has 2 amide bonds. The Morgan fingerprint density at radius 3 is 2.74 bits per heavy atom. The Kier molecular flexibility index (Phi) is 5.03. The zero-order valence-electron chi connectivity index (χ0n) is 13.0. The van der Waals surface area contributed by atoms with Crippen molar-refractivity contribution in [3.05, 3.63) is 29.6 Å². The highest BCUT2D eigenvalue weighted by Gasteiger charge is 2.36. The van der Waals surface area contributed by atoms with Crippen LogP contribution in [-0.4, -0.2) is 45.3 Å². The number of sulfone groups is 1. The Bertz CT molecular complexity index is 733. The van der Waals surface area contributed by atoms with Gasteiger partial charge in [-0.2, -0.15) is 0 Å². The lowest BCUT2D eigenvalue weighted by molar-refractivity contribution is -0.126. The van der Waals surface area contributed by atoms with Crippen molar-refractivity contribution in [2.24, 2.45) is 5.92 Å². The van der Waals surface area contributed by atoms with Gasteiger partial charge < -0.3 is 10.2 Å². The van der Waals surface area contributed by atoms with Crippen LogP contribution in [0.15, 0.2) is 18.2 Å². The number of halogens is 1. The Labute approximate surface area is 134 Å². The summed E-state index contributed by atoms with van der Waals surface area (Å²) in [6.07, 6.45) is 1.07. The molecule has 1 heterocycles. The largest absolute Gasteiger partial charge is 0.355 e. The third kappa shape index (κ3) is 4.51. The first kappa shape index (κ1) is 17.4. The summed E-state index contributed by atoms with van der Waals surface area (Å²) in [6, 6.07) is 4.56. The number of carbonyl (C=O) groups is 2. The zero-order chi connectivity index (χ0) is 17.2. The predicted molar refractivity (Wildman–Crippen MR) is 84.3 cm³/mol. The van der Waals surface area contributed by atoms with E-state index in [0.29, 0.717) is 0 Å². The summed E-state index contributed by atoms with van der Waals surface area (Å²) in [5.41, 5.74) is 0.903. The van der Waals surface area contributed by atoms with Crippen LogP contribution in [0.1, 0.15) is 12.0 Å². The van der Waals surface area contributed by atoms with Gasteiger partial charge in [0.05, 0.1) is 17.4 Å². The van der Waals surface area contributed by atoms with E-state index in [0.717, 1.165) is 11.8 Å². The number of rotatable bonds is 5. The lowest BCUT2D eigenvalue weighted by Crippen LogP contribution is -2.35. The van der Waals surface area contributed by atoms with Crippen LogP contribution in [-0.2, 0) is 19.4 Å². The molecule has 0 saturated carbocycles. The van der Waals surface area contributed by atoms with E-state index in [-0.39, 0.29) is 36.9 Å². The molecule has 126 valence electrons. The zero-order valence-corrected chi connectivity index (χ0v) is 13.8. The van der Waals surface area contributed by atoms with Crippen molar-refractivity contribution in [3.63, 3.8) is 0 Å². The topological polar surface area (TPSA) is 83.6 Å². The standard InChI is InChI=1S/C15H19FN2O4S/c1-10-3-4-13(12(16)7-10)18-9-11(8-14(18)19)15(20)17-5-6-23(2,21)22/h3-4,7,11H,5-6,8-9H2,1-2H3,(H,17,20). The fourth-order valence-corrected chi connectivity index (χ4v) is 2.92. The van der Waals surface area contributed by atoms with Gasteiger partial charge in [-0.05, 0) is 24.6 Å². The number of amides is 2. The van der Waals surface area contributed by atoms with Gasteiger partial charge in [0.2, 0.25) is 11.8 Å². The molecular weight excluding hydrogens is 323 g/mol. The van der Waals surface area contributed by atoms with Crippen LogP contribution in [0.3, 0.4) is 0 Å². The van der Waals surface area contributed by atoms with Crippen LogP contribution in [0, 0.1) is 18.7 Å². The maximum atomic E-state index is 14.0. The van der Waals surface area contributed by atoms with E-state index >= 15 is 0 Å². The minimum absolute atomic E-state index is 0.00124. The fourth-order valence-electron chi connectivity index (χ4n) is 2.45. The highest BCUT2D eigenvalue weighted by Crippen LogP contribution is 2.28. The summed E-state index contributed by atoms with van der Waals surface area (Å²) < 4.78 is 36.0. The number of nitrogens with one attached hydrogen (secondary N) is 1. The molecule has 1 saturated heterocycles. The average molecular weight is 342 g/mol. The second-order valence-electron chi connectivity index (χ2n) is 5.78. The SMILES string of the molecule is Cc1ccc(N2CC(C(=O)NCCS(C)(=O)=O)CC2=O)c(F)c1. The molecule has 1 N–H and O–H groups in total. The maximum Gasteiger partial charge on any atom is 0.227 e. The fraction of sp³-hybridized carbons (Fsp3) is 0.467. The molecule has 1 aliphatic heterocycles. The van der Waals surface area contributed by atoms with Gasteiger partial charge in [-0.25, -0.2) is 12.8 Å². The average Bonchev–Trinajstić information content (AvgIpc) is 2.79. The van der Waals surface area contributed by atoms with Gasteiger partial charge in [0.1, 0.15) is 15.7 Å². The molecule has 23 heavy (non-hydrogen) atoms. The van der Waals surface area contributed by atoms with Gasteiger partial charge >= 0.3 is 0 Å². The lowest BCUT2D eigenvalue weighted by Gasteiger charge is -2.17. The van der Waals surface area contributed by atoms with Crippen LogP contribution in [0.2, 0.25) is 0 Å². The van der Waals surface area contributed by atoms with E-state index in [1.807, 2.05) is 0 Å². The van der Waals surface area contributed by atoms with Crippen molar-refractivity contribution in [3.8, 4) is 0 Å².